The van der Waals surface area contributed by atoms with E-state index in [1.54, 1.807) is 32.2 Å². The molecular weight excluding hydrogens is 420 g/mol. The van der Waals surface area contributed by atoms with E-state index < -0.39 is 15.6 Å². The second kappa shape index (κ2) is 8.91. The molecule has 1 heterocycles. The van der Waals surface area contributed by atoms with E-state index in [-0.39, 0.29) is 17.2 Å². The number of rotatable bonds is 7. The third kappa shape index (κ3) is 4.95. The first-order chi connectivity index (χ1) is 14.6. The molecule has 2 aromatic carbocycles. The van der Waals surface area contributed by atoms with Crippen molar-refractivity contribution >= 4 is 26.9 Å². The van der Waals surface area contributed by atoms with Crippen molar-refractivity contribution in [2.45, 2.75) is 31.6 Å². The van der Waals surface area contributed by atoms with Crippen molar-refractivity contribution in [2.75, 3.05) is 13.7 Å². The number of carbonyl (C=O) groups excluding carboxylic acids is 1. The molecule has 0 aliphatic carbocycles. The first kappa shape index (κ1) is 22.5. The van der Waals surface area contributed by atoms with Gasteiger partial charge in [0, 0.05) is 17.5 Å². The Morgan fingerprint density at radius 1 is 1.10 bits per heavy atom. The minimum atomic E-state index is -3.73. The van der Waals surface area contributed by atoms with Gasteiger partial charge in [-0.05, 0) is 55.7 Å². The second-order valence-corrected chi connectivity index (χ2v) is 8.79. The highest BCUT2D eigenvalue weighted by Gasteiger charge is 2.17. The number of aryl methyl sites for hydroxylation is 2. The summed E-state index contributed by atoms with van der Waals surface area (Å²) in [5.74, 6) is 0.318. The van der Waals surface area contributed by atoms with Crippen molar-refractivity contribution in [3.63, 3.8) is 0 Å². The van der Waals surface area contributed by atoms with Gasteiger partial charge in [-0.25, -0.2) is 18.4 Å². The molecule has 3 aromatic rings. The van der Waals surface area contributed by atoms with Crippen LogP contribution < -0.4 is 20.8 Å². The molecule has 0 aliphatic rings. The van der Waals surface area contributed by atoms with Crippen molar-refractivity contribution in [3.8, 4) is 5.75 Å². The van der Waals surface area contributed by atoms with Crippen molar-refractivity contribution in [1.82, 2.24) is 5.32 Å². The third-order valence-electron chi connectivity index (χ3n) is 5.20. The lowest BCUT2D eigenvalue weighted by atomic mass is 10.0. The van der Waals surface area contributed by atoms with Gasteiger partial charge in [-0.15, -0.1) is 0 Å². The normalized spacial score (nSPS) is 11.5. The van der Waals surface area contributed by atoms with Gasteiger partial charge in [-0.3, -0.25) is 4.79 Å². The topological polar surface area (TPSA) is 129 Å². The van der Waals surface area contributed by atoms with Crippen LogP contribution in [0.15, 0.2) is 50.5 Å². The van der Waals surface area contributed by atoms with Crippen LogP contribution in [0.2, 0.25) is 0 Å². The van der Waals surface area contributed by atoms with E-state index in [9.17, 15) is 18.0 Å². The Labute approximate surface area is 180 Å². The van der Waals surface area contributed by atoms with Crippen LogP contribution in [-0.2, 0) is 27.7 Å². The highest BCUT2D eigenvalue weighted by atomic mass is 32.2. The molecule has 0 unspecified atom stereocenters. The maximum absolute atomic E-state index is 12.5. The Balaban J connectivity index is 1.68. The molecule has 31 heavy (non-hydrogen) atoms. The van der Waals surface area contributed by atoms with Gasteiger partial charge in [-0.1, -0.05) is 12.1 Å². The van der Waals surface area contributed by atoms with Crippen molar-refractivity contribution < 1.29 is 22.4 Å². The molecule has 3 rings (SSSR count). The maximum atomic E-state index is 12.5. The summed E-state index contributed by atoms with van der Waals surface area (Å²) in [4.78, 5) is 24.9. The number of fused-ring (bicyclic) bond motifs is 1. The molecule has 0 spiro atoms. The molecule has 0 atom stereocenters. The largest absolute Gasteiger partial charge is 0.496 e. The predicted octanol–water partition coefficient (Wildman–Crippen LogP) is 1.97. The van der Waals surface area contributed by atoms with Crippen LogP contribution >= 0.6 is 0 Å². The van der Waals surface area contributed by atoms with Crippen LogP contribution in [0.25, 0.3) is 11.0 Å². The average molecular weight is 445 g/mol. The third-order valence-corrected chi connectivity index (χ3v) is 6.13. The fourth-order valence-corrected chi connectivity index (χ4v) is 3.93. The number of hydrogen-bond acceptors (Lipinski definition) is 6. The summed E-state index contributed by atoms with van der Waals surface area (Å²) in [5, 5.41) is 8.61. The number of primary sulfonamides is 1. The molecule has 1 amide bonds. The molecule has 0 fully saturated rings. The van der Waals surface area contributed by atoms with E-state index in [1.807, 2.05) is 13.0 Å². The lowest BCUT2D eigenvalue weighted by Gasteiger charge is -2.12. The number of benzene rings is 2. The summed E-state index contributed by atoms with van der Waals surface area (Å²) in [6, 6.07) is 9.75. The van der Waals surface area contributed by atoms with Crippen LogP contribution in [0.1, 0.15) is 22.3 Å². The van der Waals surface area contributed by atoms with E-state index >= 15 is 0 Å². The Kier molecular flexibility index (Phi) is 6.47. The number of methoxy groups -OCH3 is 1. The molecule has 3 N–H and O–H groups in total. The highest BCUT2D eigenvalue weighted by molar-refractivity contribution is 7.89. The lowest BCUT2D eigenvalue weighted by molar-refractivity contribution is -0.120. The quantitative estimate of drug-likeness (QED) is 0.536. The van der Waals surface area contributed by atoms with E-state index in [0.29, 0.717) is 35.4 Å². The summed E-state index contributed by atoms with van der Waals surface area (Å²) in [6.07, 6.45) is 0.403. The molecule has 0 radical (unpaired) electrons. The zero-order valence-corrected chi connectivity index (χ0v) is 18.3. The van der Waals surface area contributed by atoms with E-state index in [4.69, 9.17) is 14.3 Å². The molecule has 0 saturated carbocycles. The van der Waals surface area contributed by atoms with Crippen LogP contribution in [0.4, 0.5) is 0 Å². The van der Waals surface area contributed by atoms with Gasteiger partial charge >= 0.3 is 5.63 Å². The summed E-state index contributed by atoms with van der Waals surface area (Å²) >= 11 is 0. The molecule has 1 aromatic heterocycles. The summed E-state index contributed by atoms with van der Waals surface area (Å²) in [6.45, 7) is 3.94. The summed E-state index contributed by atoms with van der Waals surface area (Å²) in [7, 11) is -2.19. The Morgan fingerprint density at radius 2 is 1.77 bits per heavy atom. The average Bonchev–Trinajstić information content (AvgIpc) is 2.72. The van der Waals surface area contributed by atoms with Crippen molar-refractivity contribution in [1.29, 1.82) is 0 Å². The first-order valence-corrected chi connectivity index (χ1v) is 11.1. The van der Waals surface area contributed by atoms with Crippen molar-refractivity contribution in [2.24, 2.45) is 5.14 Å². The van der Waals surface area contributed by atoms with Crippen LogP contribution in [0.5, 0.6) is 5.75 Å². The van der Waals surface area contributed by atoms with Gasteiger partial charge in [0.25, 0.3) is 0 Å². The van der Waals surface area contributed by atoms with Crippen LogP contribution in [-0.4, -0.2) is 28.0 Å². The van der Waals surface area contributed by atoms with E-state index in [2.05, 4.69) is 5.32 Å². The van der Waals surface area contributed by atoms with Gasteiger partial charge in [0.15, 0.2) is 0 Å². The zero-order valence-electron chi connectivity index (χ0n) is 17.5. The number of carbonyl (C=O) groups is 1. The maximum Gasteiger partial charge on any atom is 0.340 e. The van der Waals surface area contributed by atoms with Crippen LogP contribution in [0.3, 0.4) is 0 Å². The Hall–Kier alpha value is -3.17. The molecule has 8 nitrogen and oxygen atoms in total. The predicted molar refractivity (Wildman–Crippen MR) is 117 cm³/mol. The summed E-state index contributed by atoms with van der Waals surface area (Å²) < 4.78 is 33.3. The van der Waals surface area contributed by atoms with Gasteiger partial charge < -0.3 is 14.5 Å². The molecule has 9 heteroatoms. The zero-order chi connectivity index (χ0) is 22.8. The molecular formula is C22H24N2O6S. The second-order valence-electron chi connectivity index (χ2n) is 7.23. The minimum Gasteiger partial charge on any atom is -0.496 e. The summed E-state index contributed by atoms with van der Waals surface area (Å²) in [5.41, 5.74) is 2.49. The standard InChI is InChI=1S/C22H24N2O6S/c1-13-17-8-9-19(29-3)14(2)21(17)30-22(26)18(13)12-20(25)24-11-10-15-4-6-16(7-5-15)31(23,27)28/h4-9H,10-12H2,1-3H3,(H,24,25)(H2,23,27,28). The fraction of sp³-hybridized carbons (Fsp3) is 0.273. The van der Waals surface area contributed by atoms with Crippen molar-refractivity contribution in [3.05, 3.63) is 69.1 Å². The van der Waals surface area contributed by atoms with Gasteiger partial charge in [-0.2, -0.15) is 0 Å². The number of ether oxygens (including phenoxy) is 1. The Morgan fingerprint density at radius 3 is 2.39 bits per heavy atom. The molecule has 0 bridgehead atoms. The molecule has 164 valence electrons. The van der Waals surface area contributed by atoms with E-state index in [0.717, 1.165) is 16.5 Å². The van der Waals surface area contributed by atoms with Gasteiger partial charge in [0.2, 0.25) is 15.9 Å². The molecule has 0 aliphatic heterocycles. The van der Waals surface area contributed by atoms with Gasteiger partial charge in [0.1, 0.15) is 11.3 Å². The number of sulfonamides is 1. The number of nitrogens with one attached hydrogen (secondary N) is 1. The van der Waals surface area contributed by atoms with E-state index in [1.165, 1.54) is 12.1 Å². The smallest absolute Gasteiger partial charge is 0.340 e. The SMILES string of the molecule is COc1ccc2c(C)c(CC(=O)NCCc3ccc(S(N)(=O)=O)cc3)c(=O)oc2c1C. The van der Waals surface area contributed by atoms with Crippen LogP contribution in [0, 0.1) is 13.8 Å². The monoisotopic (exact) mass is 444 g/mol. The highest BCUT2D eigenvalue weighted by Crippen LogP contribution is 2.29. The molecule has 0 saturated heterocycles. The lowest BCUT2D eigenvalue weighted by Crippen LogP contribution is -2.29. The minimum absolute atomic E-state index is 0.0339. The number of amides is 1. The Bertz CT molecular complexity index is 1290. The fourth-order valence-electron chi connectivity index (χ4n) is 3.41. The first-order valence-electron chi connectivity index (χ1n) is 9.60. The number of nitrogens with two attached hydrogens (primary N) is 1. The van der Waals surface area contributed by atoms with Gasteiger partial charge in [0.05, 0.1) is 24.0 Å². The number of hydrogen-bond donors (Lipinski definition) is 2.